The molecular formula is C18H18N2O3S. The lowest BCUT2D eigenvalue weighted by Crippen LogP contribution is -2.14. The van der Waals surface area contributed by atoms with Crippen LogP contribution in [0.25, 0.3) is 10.9 Å². The Morgan fingerprint density at radius 3 is 2.38 bits per heavy atom. The van der Waals surface area contributed by atoms with Crippen LogP contribution in [0.3, 0.4) is 0 Å². The highest BCUT2D eigenvalue weighted by molar-refractivity contribution is 7.92. The van der Waals surface area contributed by atoms with Crippen molar-refractivity contribution in [3.05, 3.63) is 69.5 Å². The van der Waals surface area contributed by atoms with E-state index in [0.717, 1.165) is 10.9 Å². The van der Waals surface area contributed by atoms with E-state index in [1.54, 1.807) is 50.2 Å². The molecule has 1 aromatic heterocycles. The molecule has 0 aliphatic carbocycles. The maximum atomic E-state index is 12.6. The minimum atomic E-state index is -3.69. The summed E-state index contributed by atoms with van der Waals surface area (Å²) >= 11 is 0. The van der Waals surface area contributed by atoms with Gasteiger partial charge in [-0.2, -0.15) is 0 Å². The van der Waals surface area contributed by atoms with E-state index >= 15 is 0 Å². The topological polar surface area (TPSA) is 79.0 Å². The minimum absolute atomic E-state index is 0.183. The Hall–Kier alpha value is -2.60. The van der Waals surface area contributed by atoms with Crippen molar-refractivity contribution < 1.29 is 8.42 Å². The Labute approximate surface area is 140 Å². The van der Waals surface area contributed by atoms with E-state index in [-0.39, 0.29) is 10.5 Å². The van der Waals surface area contributed by atoms with Crippen molar-refractivity contribution >= 4 is 26.6 Å². The van der Waals surface area contributed by atoms with Crippen LogP contribution in [0.2, 0.25) is 0 Å². The zero-order chi connectivity index (χ0) is 17.5. The van der Waals surface area contributed by atoms with Gasteiger partial charge in [-0.1, -0.05) is 23.8 Å². The number of aromatic amines is 1. The number of anilines is 1. The van der Waals surface area contributed by atoms with E-state index < -0.39 is 10.0 Å². The molecule has 0 radical (unpaired) electrons. The zero-order valence-electron chi connectivity index (χ0n) is 13.7. The van der Waals surface area contributed by atoms with E-state index in [0.29, 0.717) is 22.3 Å². The number of nitrogens with one attached hydrogen (secondary N) is 2. The lowest BCUT2D eigenvalue weighted by atomic mass is 10.1. The molecule has 0 aliphatic rings. The number of pyridine rings is 1. The molecule has 0 fully saturated rings. The summed E-state index contributed by atoms with van der Waals surface area (Å²) in [6, 6.07) is 12.0. The third kappa shape index (κ3) is 3.05. The molecule has 3 rings (SSSR count). The smallest absolute Gasteiger partial charge is 0.262 e. The molecule has 0 spiro atoms. The van der Waals surface area contributed by atoms with E-state index in [1.807, 2.05) is 13.0 Å². The summed E-state index contributed by atoms with van der Waals surface area (Å²) in [7, 11) is -3.69. The van der Waals surface area contributed by atoms with Crippen molar-refractivity contribution in [2.45, 2.75) is 25.7 Å². The lowest BCUT2D eigenvalue weighted by molar-refractivity contribution is 0.600. The SMILES string of the molecule is Cc1ccc(S(=O)(=O)Nc2ccc3cc(C)c(=O)[nH]c3c2)c(C)c1. The molecule has 0 saturated carbocycles. The molecule has 5 nitrogen and oxygen atoms in total. The van der Waals surface area contributed by atoms with Gasteiger partial charge in [0.2, 0.25) is 0 Å². The molecule has 0 atom stereocenters. The van der Waals surface area contributed by atoms with Crippen molar-refractivity contribution in [3.63, 3.8) is 0 Å². The van der Waals surface area contributed by atoms with Crippen LogP contribution in [-0.4, -0.2) is 13.4 Å². The molecule has 24 heavy (non-hydrogen) atoms. The van der Waals surface area contributed by atoms with E-state index in [1.165, 1.54) is 0 Å². The number of hydrogen-bond acceptors (Lipinski definition) is 3. The van der Waals surface area contributed by atoms with Crippen LogP contribution in [0, 0.1) is 20.8 Å². The van der Waals surface area contributed by atoms with Crippen molar-refractivity contribution in [1.82, 2.24) is 4.98 Å². The fraction of sp³-hybridized carbons (Fsp3) is 0.167. The van der Waals surface area contributed by atoms with Gasteiger partial charge in [0.15, 0.2) is 0 Å². The Kier molecular flexibility index (Phi) is 3.93. The van der Waals surface area contributed by atoms with Crippen LogP contribution < -0.4 is 10.3 Å². The Balaban J connectivity index is 2.02. The predicted octanol–water partition coefficient (Wildman–Crippen LogP) is 3.25. The summed E-state index contributed by atoms with van der Waals surface area (Å²) in [6.07, 6.45) is 0. The van der Waals surface area contributed by atoms with Gasteiger partial charge in [-0.05, 0) is 56.0 Å². The highest BCUT2D eigenvalue weighted by Gasteiger charge is 2.17. The summed E-state index contributed by atoms with van der Waals surface area (Å²) in [5.74, 6) is 0. The lowest BCUT2D eigenvalue weighted by Gasteiger charge is -2.11. The van der Waals surface area contributed by atoms with Gasteiger partial charge in [0.1, 0.15) is 0 Å². The first-order valence-electron chi connectivity index (χ1n) is 7.50. The molecule has 1 heterocycles. The number of hydrogen-bond donors (Lipinski definition) is 2. The number of rotatable bonds is 3. The summed E-state index contributed by atoms with van der Waals surface area (Å²) < 4.78 is 27.8. The van der Waals surface area contributed by atoms with Crippen molar-refractivity contribution in [2.75, 3.05) is 4.72 Å². The molecule has 0 amide bonds. The monoisotopic (exact) mass is 342 g/mol. The number of H-pyrrole nitrogens is 1. The number of aromatic nitrogens is 1. The second-order valence-corrected chi connectivity index (χ2v) is 7.61. The number of fused-ring (bicyclic) bond motifs is 1. The standard InChI is InChI=1S/C18H18N2O3S/c1-11-4-7-17(12(2)8-11)24(22,23)20-15-6-5-14-9-13(3)18(21)19-16(14)10-15/h4-10,20H,1-3H3,(H,19,21). The van der Waals surface area contributed by atoms with E-state index in [2.05, 4.69) is 9.71 Å². The highest BCUT2D eigenvalue weighted by Crippen LogP contribution is 2.22. The van der Waals surface area contributed by atoms with Gasteiger partial charge in [0.05, 0.1) is 16.1 Å². The van der Waals surface area contributed by atoms with E-state index in [4.69, 9.17) is 0 Å². The summed E-state index contributed by atoms with van der Waals surface area (Å²) in [5, 5.41) is 0.849. The zero-order valence-corrected chi connectivity index (χ0v) is 14.5. The van der Waals surface area contributed by atoms with Crippen LogP contribution in [0.15, 0.2) is 52.2 Å². The quantitative estimate of drug-likeness (QED) is 0.767. The van der Waals surface area contributed by atoms with Crippen LogP contribution >= 0.6 is 0 Å². The van der Waals surface area contributed by atoms with Crippen LogP contribution in [0.4, 0.5) is 5.69 Å². The van der Waals surface area contributed by atoms with Gasteiger partial charge in [0.25, 0.3) is 15.6 Å². The second-order valence-electron chi connectivity index (χ2n) is 5.96. The summed E-state index contributed by atoms with van der Waals surface area (Å²) in [5.41, 5.74) is 3.12. The number of sulfonamides is 1. The van der Waals surface area contributed by atoms with Gasteiger partial charge in [-0.15, -0.1) is 0 Å². The molecule has 124 valence electrons. The fourth-order valence-corrected chi connectivity index (χ4v) is 3.96. The van der Waals surface area contributed by atoms with Gasteiger partial charge < -0.3 is 4.98 Å². The molecule has 3 aromatic rings. The van der Waals surface area contributed by atoms with E-state index in [9.17, 15) is 13.2 Å². The van der Waals surface area contributed by atoms with Crippen LogP contribution in [-0.2, 0) is 10.0 Å². The highest BCUT2D eigenvalue weighted by atomic mass is 32.2. The maximum absolute atomic E-state index is 12.6. The molecular weight excluding hydrogens is 324 g/mol. The molecule has 2 aromatic carbocycles. The van der Waals surface area contributed by atoms with Crippen LogP contribution in [0.1, 0.15) is 16.7 Å². The number of benzene rings is 2. The normalized spacial score (nSPS) is 11.6. The minimum Gasteiger partial charge on any atom is -0.322 e. The molecule has 2 N–H and O–H groups in total. The molecule has 0 aliphatic heterocycles. The van der Waals surface area contributed by atoms with Gasteiger partial charge in [-0.3, -0.25) is 9.52 Å². The largest absolute Gasteiger partial charge is 0.322 e. The average molecular weight is 342 g/mol. The van der Waals surface area contributed by atoms with Crippen molar-refractivity contribution in [3.8, 4) is 0 Å². The van der Waals surface area contributed by atoms with Gasteiger partial charge in [-0.25, -0.2) is 8.42 Å². The van der Waals surface area contributed by atoms with Crippen molar-refractivity contribution in [1.29, 1.82) is 0 Å². The summed E-state index contributed by atoms with van der Waals surface area (Å²) in [6.45, 7) is 5.41. The summed E-state index contributed by atoms with van der Waals surface area (Å²) in [4.78, 5) is 14.7. The van der Waals surface area contributed by atoms with Crippen LogP contribution in [0.5, 0.6) is 0 Å². The first kappa shape index (κ1) is 16.3. The third-order valence-corrected chi connectivity index (χ3v) is 5.45. The Morgan fingerprint density at radius 2 is 1.67 bits per heavy atom. The third-order valence-electron chi connectivity index (χ3n) is 3.90. The fourth-order valence-electron chi connectivity index (χ4n) is 2.68. The molecule has 0 bridgehead atoms. The first-order chi connectivity index (χ1) is 11.3. The first-order valence-corrected chi connectivity index (χ1v) is 8.98. The van der Waals surface area contributed by atoms with Gasteiger partial charge in [0, 0.05) is 5.56 Å². The number of aryl methyl sites for hydroxylation is 3. The maximum Gasteiger partial charge on any atom is 0.262 e. The average Bonchev–Trinajstić information content (AvgIpc) is 2.48. The molecule has 6 heteroatoms. The predicted molar refractivity (Wildman–Crippen MR) is 96.0 cm³/mol. The molecule has 0 saturated heterocycles. The van der Waals surface area contributed by atoms with Crippen molar-refractivity contribution in [2.24, 2.45) is 0 Å². The Morgan fingerprint density at radius 1 is 0.917 bits per heavy atom. The van der Waals surface area contributed by atoms with Gasteiger partial charge >= 0.3 is 0 Å². The molecule has 0 unspecified atom stereocenters. The Bertz CT molecular complexity index is 1100. The second kappa shape index (κ2) is 5.79.